The molecule has 3 nitrogen and oxygen atoms in total. The Balaban J connectivity index is 2.33. The molecule has 1 aromatic rings. The highest BCUT2D eigenvalue weighted by Crippen LogP contribution is 2.28. The third-order valence-corrected chi connectivity index (χ3v) is 3.20. The molecular weight excluding hydrogens is 224 g/mol. The highest BCUT2D eigenvalue weighted by Gasteiger charge is 2.25. The number of aliphatic hydroxyl groups excluding tert-OH is 1. The Morgan fingerprint density at radius 3 is 2.81 bits per heavy atom. The van der Waals surface area contributed by atoms with Crippen molar-refractivity contribution in [1.29, 1.82) is 0 Å². The number of halogens is 1. The van der Waals surface area contributed by atoms with Gasteiger partial charge in [-0.2, -0.15) is 0 Å². The van der Waals surface area contributed by atoms with E-state index in [1.807, 2.05) is 0 Å². The van der Waals surface area contributed by atoms with E-state index in [0.717, 1.165) is 30.8 Å². The van der Waals surface area contributed by atoms with Gasteiger partial charge in [0.25, 0.3) is 0 Å². The maximum atomic E-state index is 9.70. The molecule has 0 fully saturated rings. The molecule has 0 aromatic carbocycles. The Morgan fingerprint density at radius 1 is 1.50 bits per heavy atom. The number of imidazole rings is 1. The largest absolute Gasteiger partial charge is 0.391 e. The van der Waals surface area contributed by atoms with Gasteiger partial charge >= 0.3 is 0 Å². The molecule has 0 radical (unpaired) electrons. The SMILES string of the molecule is CC(C)(C)Cc1nc(Cl)c2n1CC(O)CC2. The fourth-order valence-electron chi connectivity index (χ4n) is 2.17. The highest BCUT2D eigenvalue weighted by atomic mass is 35.5. The van der Waals surface area contributed by atoms with Gasteiger partial charge in [0.2, 0.25) is 0 Å². The first-order valence-corrected chi connectivity index (χ1v) is 6.16. The summed E-state index contributed by atoms with van der Waals surface area (Å²) in [6.45, 7) is 7.19. The summed E-state index contributed by atoms with van der Waals surface area (Å²) >= 11 is 6.13. The Hall–Kier alpha value is -0.540. The second-order valence-electron chi connectivity index (χ2n) is 5.81. The molecule has 2 heterocycles. The molecular formula is C12H19ClN2O. The number of nitrogens with zero attached hydrogens (tertiary/aromatic N) is 2. The quantitative estimate of drug-likeness (QED) is 0.822. The summed E-state index contributed by atoms with van der Waals surface area (Å²) < 4.78 is 2.10. The molecule has 4 heteroatoms. The van der Waals surface area contributed by atoms with Crippen LogP contribution in [0.1, 0.15) is 38.7 Å². The Kier molecular flexibility index (Phi) is 3.01. The van der Waals surface area contributed by atoms with E-state index in [1.165, 1.54) is 0 Å². The van der Waals surface area contributed by atoms with E-state index in [2.05, 4.69) is 30.3 Å². The van der Waals surface area contributed by atoms with Crippen LogP contribution >= 0.6 is 11.6 Å². The molecule has 1 atom stereocenters. The summed E-state index contributed by atoms with van der Waals surface area (Å²) in [6, 6.07) is 0. The van der Waals surface area contributed by atoms with Crippen LogP contribution < -0.4 is 0 Å². The molecule has 1 unspecified atom stereocenters. The van der Waals surface area contributed by atoms with Crippen LogP contribution in [0.25, 0.3) is 0 Å². The van der Waals surface area contributed by atoms with Crippen molar-refractivity contribution in [2.24, 2.45) is 5.41 Å². The zero-order valence-electron chi connectivity index (χ0n) is 10.1. The van der Waals surface area contributed by atoms with Crippen molar-refractivity contribution >= 4 is 11.6 Å². The first-order valence-electron chi connectivity index (χ1n) is 5.78. The van der Waals surface area contributed by atoms with Crippen LogP contribution in [0.4, 0.5) is 0 Å². The summed E-state index contributed by atoms with van der Waals surface area (Å²) in [5.74, 6) is 1.01. The molecule has 0 saturated carbocycles. The van der Waals surface area contributed by atoms with E-state index in [-0.39, 0.29) is 11.5 Å². The molecule has 16 heavy (non-hydrogen) atoms. The number of fused-ring (bicyclic) bond motifs is 1. The lowest BCUT2D eigenvalue weighted by atomic mass is 9.92. The van der Waals surface area contributed by atoms with Gasteiger partial charge in [0.05, 0.1) is 18.3 Å². The third kappa shape index (κ3) is 2.41. The number of aliphatic hydroxyl groups is 1. The Bertz CT molecular complexity index is 392. The van der Waals surface area contributed by atoms with E-state index < -0.39 is 0 Å². The molecule has 1 aliphatic heterocycles. The van der Waals surface area contributed by atoms with Crippen molar-refractivity contribution in [3.05, 3.63) is 16.7 Å². The molecule has 2 rings (SSSR count). The molecule has 0 spiro atoms. The van der Waals surface area contributed by atoms with Gasteiger partial charge in [-0.05, 0) is 18.3 Å². The topological polar surface area (TPSA) is 38.0 Å². The zero-order chi connectivity index (χ0) is 11.9. The molecule has 90 valence electrons. The second-order valence-corrected chi connectivity index (χ2v) is 6.16. The third-order valence-electron chi connectivity index (χ3n) is 2.90. The first kappa shape index (κ1) is 11.9. The number of hydrogen-bond acceptors (Lipinski definition) is 2. The van der Waals surface area contributed by atoms with Crippen LogP contribution in [0.5, 0.6) is 0 Å². The minimum atomic E-state index is -0.253. The van der Waals surface area contributed by atoms with Crippen LogP contribution in [0.2, 0.25) is 5.15 Å². The average molecular weight is 243 g/mol. The van der Waals surface area contributed by atoms with Crippen molar-refractivity contribution in [1.82, 2.24) is 9.55 Å². The van der Waals surface area contributed by atoms with E-state index in [1.54, 1.807) is 0 Å². The Labute approximate surface area is 101 Å². The molecule has 0 amide bonds. The van der Waals surface area contributed by atoms with E-state index in [0.29, 0.717) is 11.7 Å². The predicted molar refractivity (Wildman–Crippen MR) is 64.7 cm³/mol. The summed E-state index contributed by atoms with van der Waals surface area (Å²) in [5, 5.41) is 10.3. The normalized spacial score (nSPS) is 20.9. The monoisotopic (exact) mass is 242 g/mol. The zero-order valence-corrected chi connectivity index (χ0v) is 10.9. The van der Waals surface area contributed by atoms with Gasteiger partial charge in [-0.3, -0.25) is 0 Å². The van der Waals surface area contributed by atoms with Crippen LogP contribution in [0.15, 0.2) is 0 Å². The summed E-state index contributed by atoms with van der Waals surface area (Å²) in [7, 11) is 0. The van der Waals surface area contributed by atoms with Crippen molar-refractivity contribution in [2.75, 3.05) is 0 Å². The van der Waals surface area contributed by atoms with Gasteiger partial charge in [0.15, 0.2) is 5.15 Å². The summed E-state index contributed by atoms with van der Waals surface area (Å²) in [4.78, 5) is 4.43. The van der Waals surface area contributed by atoms with Crippen LogP contribution in [0.3, 0.4) is 0 Å². The molecule has 1 N–H and O–H groups in total. The van der Waals surface area contributed by atoms with Gasteiger partial charge < -0.3 is 9.67 Å². The summed E-state index contributed by atoms with van der Waals surface area (Å²) in [6.07, 6.45) is 2.26. The fourth-order valence-corrected chi connectivity index (χ4v) is 2.47. The lowest BCUT2D eigenvalue weighted by Crippen LogP contribution is -2.26. The smallest absolute Gasteiger partial charge is 0.150 e. The summed E-state index contributed by atoms with van der Waals surface area (Å²) in [5.41, 5.74) is 1.28. The van der Waals surface area contributed by atoms with Crippen molar-refractivity contribution in [2.45, 2.75) is 52.7 Å². The lowest BCUT2D eigenvalue weighted by Gasteiger charge is -2.24. The van der Waals surface area contributed by atoms with Gasteiger partial charge in [0.1, 0.15) is 5.82 Å². The first-order chi connectivity index (χ1) is 7.37. The van der Waals surface area contributed by atoms with Crippen molar-refractivity contribution < 1.29 is 5.11 Å². The molecule has 1 aliphatic rings. The minimum Gasteiger partial charge on any atom is -0.391 e. The van der Waals surface area contributed by atoms with Crippen LogP contribution in [0, 0.1) is 5.41 Å². The average Bonchev–Trinajstić information content (AvgIpc) is 2.40. The van der Waals surface area contributed by atoms with Gasteiger partial charge in [-0.1, -0.05) is 32.4 Å². The number of rotatable bonds is 1. The van der Waals surface area contributed by atoms with Crippen molar-refractivity contribution in [3.8, 4) is 0 Å². The number of aromatic nitrogens is 2. The van der Waals surface area contributed by atoms with Crippen LogP contribution in [-0.4, -0.2) is 20.8 Å². The molecule has 0 bridgehead atoms. The lowest BCUT2D eigenvalue weighted by molar-refractivity contribution is 0.129. The Morgan fingerprint density at radius 2 is 2.19 bits per heavy atom. The minimum absolute atomic E-state index is 0.188. The van der Waals surface area contributed by atoms with E-state index in [4.69, 9.17) is 11.6 Å². The van der Waals surface area contributed by atoms with Crippen molar-refractivity contribution in [3.63, 3.8) is 0 Å². The standard InChI is InChI=1S/C12H19ClN2O/c1-12(2,3)6-10-14-11(13)9-5-4-8(16)7-15(9)10/h8,16H,4-7H2,1-3H3. The maximum Gasteiger partial charge on any atom is 0.150 e. The van der Waals surface area contributed by atoms with Gasteiger partial charge in [-0.15, -0.1) is 0 Å². The van der Waals surface area contributed by atoms with E-state index >= 15 is 0 Å². The van der Waals surface area contributed by atoms with Gasteiger partial charge in [0, 0.05) is 6.42 Å². The fraction of sp³-hybridized carbons (Fsp3) is 0.750. The maximum absolute atomic E-state index is 9.70. The molecule has 0 saturated heterocycles. The van der Waals surface area contributed by atoms with E-state index in [9.17, 15) is 5.11 Å². The molecule has 0 aliphatic carbocycles. The highest BCUT2D eigenvalue weighted by molar-refractivity contribution is 6.30. The van der Waals surface area contributed by atoms with Crippen LogP contribution in [-0.2, 0) is 19.4 Å². The van der Waals surface area contributed by atoms with Gasteiger partial charge in [-0.25, -0.2) is 4.98 Å². The predicted octanol–water partition coefficient (Wildman–Crippen LogP) is 2.43. The second kappa shape index (κ2) is 4.04. The molecule has 1 aromatic heterocycles. The number of hydrogen-bond donors (Lipinski definition) is 1.